The van der Waals surface area contributed by atoms with Crippen molar-refractivity contribution >= 4 is 72.6 Å². The minimum Gasteiger partial charge on any atom is -0.583 e. The van der Waals surface area contributed by atoms with E-state index in [0.717, 1.165) is 54.6 Å². The topological polar surface area (TPSA) is 599 Å². The number of rotatable bonds is 65. The molecule has 8 amide bonds. The number of piperidine rings is 1. The highest BCUT2D eigenvalue weighted by molar-refractivity contribution is 7.33. The Morgan fingerprint density at radius 2 is 0.910 bits per heavy atom. The third-order valence-electron chi connectivity index (χ3n) is 23.4. The van der Waals surface area contributed by atoms with Gasteiger partial charge in [0.2, 0.25) is 47.3 Å². The van der Waals surface area contributed by atoms with E-state index in [4.69, 9.17) is 66.9 Å². The second-order valence-corrected chi connectivity index (χ2v) is 34.9. The number of fused-ring (bicyclic) bond motifs is 2. The van der Waals surface area contributed by atoms with Gasteiger partial charge in [-0.25, -0.2) is 0 Å². The number of ether oxygens (including phenoxy) is 11. The second kappa shape index (κ2) is 62.4. The van der Waals surface area contributed by atoms with Crippen molar-refractivity contribution in [1.82, 2.24) is 47.1 Å². The van der Waals surface area contributed by atoms with Crippen LogP contribution in [-0.4, -0.2) is 366 Å². The zero-order valence-corrected chi connectivity index (χ0v) is 78.2. The smallest absolute Gasteiger partial charge is 0.583 e. The number of nitrogens with one attached hydrogen (secondary N) is 8. The summed E-state index contributed by atoms with van der Waals surface area (Å²) in [6, 6.07) is 12.6. The van der Waals surface area contributed by atoms with Crippen molar-refractivity contribution in [2.75, 3.05) is 170 Å². The van der Waals surface area contributed by atoms with Gasteiger partial charge >= 0.3 is 8.25 Å². The number of nitrogens with two attached hydrogens (primary N) is 1. The van der Waals surface area contributed by atoms with E-state index in [1.807, 2.05) is 48.5 Å². The first-order valence-electron chi connectivity index (χ1n) is 46.5. The van der Waals surface area contributed by atoms with Crippen LogP contribution in [0.2, 0.25) is 0 Å². The molecule has 19 N–H and O–H groups in total. The van der Waals surface area contributed by atoms with Gasteiger partial charge in [-0.1, -0.05) is 93.8 Å². The monoisotopic (exact) mass is 1910 g/mol. The number of anilines is 1. The lowest BCUT2D eigenvalue weighted by Crippen LogP contribution is -2.64. The third-order valence-corrected chi connectivity index (χ3v) is 24.1. The van der Waals surface area contributed by atoms with Crippen molar-refractivity contribution < 1.29 is 150 Å². The van der Waals surface area contributed by atoms with E-state index in [2.05, 4.69) is 42.1 Å². The molecular weight excluding hydrogens is 1760 g/mol. The minimum atomic E-state index is -2.11. The summed E-state index contributed by atoms with van der Waals surface area (Å²) in [5, 5.41) is 113. The predicted octanol–water partition coefficient (Wildman–Crippen LogP) is 0.199. The van der Waals surface area contributed by atoms with Crippen molar-refractivity contribution in [2.24, 2.45) is 11.7 Å². The van der Waals surface area contributed by atoms with Gasteiger partial charge in [0.1, 0.15) is 91.8 Å². The van der Waals surface area contributed by atoms with Gasteiger partial charge in [-0.15, -0.1) is 9.05 Å². The number of aliphatic hydroxyl groups is 9. The molecule has 133 heavy (non-hydrogen) atoms. The number of hydrogen-bond acceptors (Lipinski definition) is 34. The molecule has 2 aromatic rings. The van der Waals surface area contributed by atoms with Gasteiger partial charge in [0, 0.05) is 140 Å². The molecule has 0 saturated carbocycles. The van der Waals surface area contributed by atoms with Crippen LogP contribution in [0.3, 0.4) is 0 Å². The van der Waals surface area contributed by atoms with Crippen LogP contribution in [-0.2, 0) is 111 Å². The number of unbranched alkanes of at least 4 members (excludes halogenated alkanes) is 12. The molecule has 754 valence electrons. The van der Waals surface area contributed by atoms with Crippen LogP contribution in [0.5, 0.6) is 0 Å². The average Bonchev–Trinajstić information content (AvgIpc) is 0.771. The van der Waals surface area contributed by atoms with E-state index in [-0.39, 0.29) is 161 Å². The summed E-state index contributed by atoms with van der Waals surface area (Å²) in [5.41, 5.74) is 10.1. The molecule has 5 aliphatic rings. The minimum absolute atomic E-state index is 0.0686. The van der Waals surface area contributed by atoms with Crippen LogP contribution in [0.1, 0.15) is 172 Å². The number of amides is 8. The van der Waals surface area contributed by atoms with Gasteiger partial charge in [0.05, 0.1) is 97.8 Å². The van der Waals surface area contributed by atoms with E-state index < -0.39 is 155 Å². The first-order chi connectivity index (χ1) is 64.1. The zero-order chi connectivity index (χ0) is 96.5. The van der Waals surface area contributed by atoms with Gasteiger partial charge in [-0.3, -0.25) is 38.4 Å². The molecule has 0 radical (unpaired) electrons. The van der Waals surface area contributed by atoms with Crippen LogP contribution in [0, 0.1) is 5.92 Å². The van der Waals surface area contributed by atoms with Crippen LogP contribution < -0.4 is 47.9 Å². The van der Waals surface area contributed by atoms with Crippen molar-refractivity contribution in [3.63, 3.8) is 0 Å². The molecule has 43 nitrogen and oxygen atoms in total. The summed E-state index contributed by atoms with van der Waals surface area (Å²) in [6.45, 7) is 4.57. The lowest BCUT2D eigenvalue weighted by atomic mass is 9.93. The summed E-state index contributed by atoms with van der Waals surface area (Å²) in [4.78, 5) is 108. The van der Waals surface area contributed by atoms with Crippen LogP contribution in [0.25, 0.3) is 17.2 Å². The van der Waals surface area contributed by atoms with Crippen molar-refractivity contribution in [1.29, 1.82) is 0 Å². The Bertz CT molecular complexity index is 3620. The molecule has 0 aromatic heterocycles. The third kappa shape index (κ3) is 39.1. The maximum atomic E-state index is 14.8. The zero-order valence-electron chi connectivity index (χ0n) is 77.3. The number of carbonyl (C=O) groups excluding carboxylic acids is 8. The fraction of sp³-hybridized carbons (Fsp3) is 0.753. The summed E-state index contributed by atoms with van der Waals surface area (Å²) < 4.78 is 86.4. The number of para-hydroxylation sites is 1. The number of carbonyl (C=O) groups is 8. The molecule has 0 aliphatic carbocycles. The van der Waals surface area contributed by atoms with E-state index in [0.29, 0.717) is 121 Å². The highest BCUT2D eigenvalue weighted by Gasteiger charge is 2.49. The lowest BCUT2D eigenvalue weighted by molar-refractivity contribution is -0.270. The molecule has 16 atom stereocenters. The van der Waals surface area contributed by atoms with E-state index in [1.165, 1.54) is 32.9 Å². The quantitative estimate of drug-likeness (QED) is 0.0239. The molecule has 5 heterocycles. The van der Waals surface area contributed by atoms with Crippen LogP contribution in [0.15, 0.2) is 48.5 Å². The normalized spacial score (nSPS) is 24.4. The molecule has 2 aromatic carbocycles. The van der Waals surface area contributed by atoms with Gasteiger partial charge in [-0.2, -0.15) is 0 Å². The number of aliphatic hydroxyl groups excluding tert-OH is 9. The first kappa shape index (κ1) is 113. The summed E-state index contributed by atoms with van der Waals surface area (Å²) >= 11 is 0. The Kier molecular flexibility index (Phi) is 52.8. The first-order valence-corrected chi connectivity index (χ1v) is 47.6. The molecule has 5 aliphatic heterocycles. The molecule has 0 bridgehead atoms. The highest BCUT2D eigenvalue weighted by atomic mass is 31.1. The van der Waals surface area contributed by atoms with Gasteiger partial charge < -0.3 is 162 Å². The molecule has 44 heteroatoms. The van der Waals surface area contributed by atoms with Crippen molar-refractivity contribution in [3.8, 4) is 0 Å². The standard InChI is InChI=1S/C89H147N12O31P/c1-59(105)95-75-82(115)79(112)67(52-102)130-86(75)126-41-21-9-5-17-34-92-70(108)31-45-123-56-89(57-124-46-32-71(109)93-35-18-6-10-22-42-127-87-76(96-60(2)106)83(116)80(113)68(53-103)131-87,58-125-47-33-72(110)94-36-19-7-11-23-43-128-88-77(97-61(3)107)84(117)81(114)69(54-104)132-88)98-85(118)62-29-38-99(39-30-62)73(111)55-122-50-49-121-48-40-101(91)78-65-27-15-16-28-66(65)100(37-20-8-12-24-44-129-133(119)120-4)51-63-25-13-14-26-64(63)74(78)90/h13-16,25-28,62,67-69,75-77,79-84,86-88,91,102-104,112-117H,5-12,17-24,29-58,90H2,1-4H3,(H,92,108)(H,93,109)(H,94,110)(H,95,105)(H,96,106)(H,97,107)(H,98,118)/b78-74-. The lowest BCUT2D eigenvalue weighted by Gasteiger charge is -2.42. The Hall–Kier alpha value is -7.48. The Balaban J connectivity index is 0.927. The van der Waals surface area contributed by atoms with Gasteiger partial charge in [0.15, 0.2) is 18.9 Å². The number of nitrogens with zero attached hydrogens (tertiary/aromatic N) is 3. The van der Waals surface area contributed by atoms with Gasteiger partial charge in [-0.05, 0) is 75.8 Å². The number of benzene rings is 2. The summed E-state index contributed by atoms with van der Waals surface area (Å²) in [5.74, 6) is 5.59. The maximum absolute atomic E-state index is 14.8. The Morgan fingerprint density at radius 3 is 1.35 bits per heavy atom. The maximum Gasteiger partial charge on any atom is 0.697 e. The van der Waals surface area contributed by atoms with Gasteiger partial charge in [0.25, 0.3) is 0 Å². The molecular formula is C89H147N12O31P. The molecule has 4 fully saturated rings. The molecule has 7 rings (SSSR count). The number of likely N-dealkylation sites (tertiary alicyclic amines) is 1. The largest absolute Gasteiger partial charge is 0.697 e. The van der Waals surface area contributed by atoms with Crippen LogP contribution >= 0.6 is 8.25 Å². The fourth-order valence-electron chi connectivity index (χ4n) is 16.0. The van der Waals surface area contributed by atoms with E-state index in [9.17, 15) is 94.7 Å². The van der Waals surface area contributed by atoms with Crippen molar-refractivity contribution in [2.45, 2.75) is 260 Å². The Morgan fingerprint density at radius 1 is 0.504 bits per heavy atom. The predicted molar refractivity (Wildman–Crippen MR) is 482 cm³/mol. The summed E-state index contributed by atoms with van der Waals surface area (Å²) in [7, 11) is -0.769. The van der Waals surface area contributed by atoms with Crippen LogP contribution in [0.4, 0.5) is 5.69 Å². The average molecular weight is 1910 g/mol. The van der Waals surface area contributed by atoms with E-state index in [1.54, 1.807) is 4.90 Å². The van der Waals surface area contributed by atoms with E-state index >= 15 is 0 Å². The van der Waals surface area contributed by atoms with Crippen molar-refractivity contribution in [3.05, 3.63) is 71.1 Å². The molecule has 4 saturated heterocycles. The Labute approximate surface area is 778 Å². The number of hydrogen-bond donors (Lipinski definition) is 17. The molecule has 0 spiro atoms. The summed E-state index contributed by atoms with van der Waals surface area (Å²) in [6.07, 6.45) is -4.35. The highest BCUT2D eigenvalue weighted by Crippen LogP contribution is 2.39. The fourth-order valence-corrected chi connectivity index (χ4v) is 16.4. The second-order valence-electron chi connectivity index (χ2n) is 33.9. The molecule has 16 unspecified atom stereocenters. The SMILES string of the molecule is CO[P+](=O)OCCCCCCN1Cc2ccccc2/C(N)=C(/N([NH-])CCOCCOCC(=O)N2CCC(C(=O)NC(COCCC(=O)NCCCCCCOC3OC(CO)C(O)C(O)C3NC(C)=O)(COCCC(=O)NCCCCCCOC3OC(CO)C(O)C(O)C3NC(C)=O)COCCC(=O)NCCCCCCOC3OC(CO)C(O)C(O)C3NC(C)=O)CC2)c2ccccc21.